The maximum Gasteiger partial charge on any atom is 0.309 e. The van der Waals surface area contributed by atoms with Gasteiger partial charge in [-0.15, -0.1) is 11.3 Å². The Morgan fingerprint density at radius 1 is 1.02 bits per heavy atom. The highest BCUT2D eigenvalue weighted by molar-refractivity contribution is 7.89. The third-order valence-corrected chi connectivity index (χ3v) is 11.8. The van der Waals surface area contributed by atoms with Gasteiger partial charge in [-0.25, -0.2) is 18.1 Å². The van der Waals surface area contributed by atoms with Crippen LogP contribution < -0.4 is 10.0 Å². The first-order valence-electron chi connectivity index (χ1n) is 14.4. The number of rotatable bonds is 8. The maximum atomic E-state index is 13.4. The molecule has 0 unspecified atom stereocenters. The summed E-state index contributed by atoms with van der Waals surface area (Å²) < 4.78 is 29.5. The fourth-order valence-electron chi connectivity index (χ4n) is 7.07. The van der Waals surface area contributed by atoms with Gasteiger partial charge in [0.15, 0.2) is 5.01 Å². The second-order valence-corrected chi connectivity index (χ2v) is 16.0. The largest absolute Gasteiger partial charge is 0.481 e. The summed E-state index contributed by atoms with van der Waals surface area (Å²) in [6.45, 7) is 5.45. The van der Waals surface area contributed by atoms with Crippen LogP contribution >= 0.6 is 11.3 Å². The van der Waals surface area contributed by atoms with Crippen LogP contribution in [-0.4, -0.2) is 41.5 Å². The van der Waals surface area contributed by atoms with Crippen molar-refractivity contribution in [1.82, 2.24) is 15.0 Å². The fourth-order valence-corrected chi connectivity index (χ4v) is 9.72. The predicted octanol–water partition coefficient (Wildman–Crippen LogP) is 5.90. The number of amides is 1. The van der Waals surface area contributed by atoms with E-state index >= 15 is 0 Å². The van der Waals surface area contributed by atoms with Gasteiger partial charge in [0.2, 0.25) is 10.0 Å². The summed E-state index contributed by atoms with van der Waals surface area (Å²) in [5, 5.41) is 14.4. The minimum Gasteiger partial charge on any atom is -0.481 e. The van der Waals surface area contributed by atoms with Gasteiger partial charge in [0.25, 0.3) is 5.91 Å². The van der Waals surface area contributed by atoms with Gasteiger partial charge < -0.3 is 10.4 Å². The molecule has 218 valence electrons. The van der Waals surface area contributed by atoms with Crippen LogP contribution in [0.3, 0.4) is 0 Å². The van der Waals surface area contributed by atoms with Gasteiger partial charge >= 0.3 is 5.97 Å². The number of nitrogens with zero attached hydrogens (tertiary/aromatic N) is 1. The van der Waals surface area contributed by atoms with Gasteiger partial charge in [-0.1, -0.05) is 62.4 Å². The minimum absolute atomic E-state index is 0.221. The number of aromatic nitrogens is 1. The summed E-state index contributed by atoms with van der Waals surface area (Å²) in [6.07, 6.45) is 8.09. The molecule has 0 radical (unpaired) electrons. The molecule has 7 rings (SSSR count). The first-order chi connectivity index (χ1) is 19.3. The lowest BCUT2D eigenvalue weighted by molar-refractivity contribution is -0.196. The molecule has 2 aromatic carbocycles. The van der Waals surface area contributed by atoms with Gasteiger partial charge in [-0.3, -0.25) is 9.59 Å². The molecule has 2 bridgehead atoms. The van der Waals surface area contributed by atoms with Crippen molar-refractivity contribution in [3.05, 3.63) is 47.1 Å². The van der Waals surface area contributed by atoms with Crippen LogP contribution in [0.1, 0.15) is 87.6 Å². The minimum atomic E-state index is -3.78. The lowest BCUT2D eigenvalue weighted by Gasteiger charge is -2.67. The smallest absolute Gasteiger partial charge is 0.309 e. The van der Waals surface area contributed by atoms with Crippen LogP contribution in [-0.2, 0) is 21.2 Å². The fraction of sp³-hybridized carbons (Fsp3) is 0.516. The number of hydrogen-bond donors (Lipinski definition) is 3. The highest BCUT2D eigenvalue weighted by Gasteiger charge is 2.72. The molecule has 4 fully saturated rings. The summed E-state index contributed by atoms with van der Waals surface area (Å²) in [5.74, 6) is -0.548. The summed E-state index contributed by atoms with van der Waals surface area (Å²) in [6, 6.07) is 11.0. The monoisotopic (exact) mass is 595 g/mol. The van der Waals surface area contributed by atoms with E-state index in [4.69, 9.17) is 4.98 Å². The Bertz CT molecular complexity index is 1630. The number of hydrogen-bond acceptors (Lipinski definition) is 6. The molecule has 0 spiro atoms. The van der Waals surface area contributed by atoms with Gasteiger partial charge in [0.1, 0.15) is 0 Å². The number of fused-ring (bicyclic) bond motifs is 1. The zero-order chi connectivity index (χ0) is 29.2. The van der Waals surface area contributed by atoms with Crippen molar-refractivity contribution in [2.75, 3.05) is 0 Å². The molecule has 1 amide bonds. The Hall–Kier alpha value is -2.82. The molecule has 0 aliphatic heterocycles. The molecular formula is C31H37N3O5S2. The quantitative estimate of drug-likeness (QED) is 0.298. The van der Waals surface area contributed by atoms with E-state index < -0.39 is 32.5 Å². The first kappa shape index (κ1) is 28.3. The second-order valence-electron chi connectivity index (χ2n) is 13.4. The number of carbonyl (C=O) groups is 2. The number of carbonyl (C=O) groups excluding carboxylic acids is 1. The summed E-state index contributed by atoms with van der Waals surface area (Å²) >= 11 is 1.34. The molecule has 41 heavy (non-hydrogen) atoms. The predicted molar refractivity (Wildman–Crippen MR) is 160 cm³/mol. The number of carboxylic acids is 1. The first-order valence-corrected chi connectivity index (χ1v) is 16.7. The van der Waals surface area contributed by atoms with Crippen molar-refractivity contribution in [3.8, 4) is 10.4 Å². The molecule has 4 saturated carbocycles. The molecular weight excluding hydrogens is 558 g/mol. The maximum absolute atomic E-state index is 13.4. The Morgan fingerprint density at radius 3 is 2.32 bits per heavy atom. The van der Waals surface area contributed by atoms with Crippen LogP contribution in [0.5, 0.6) is 0 Å². The zero-order valence-electron chi connectivity index (χ0n) is 23.7. The number of aliphatic carboxylic acids is 1. The molecule has 1 heterocycles. The number of thiazole rings is 1. The van der Waals surface area contributed by atoms with E-state index in [1.165, 1.54) is 30.6 Å². The van der Waals surface area contributed by atoms with E-state index in [9.17, 15) is 23.1 Å². The van der Waals surface area contributed by atoms with E-state index in [1.54, 1.807) is 6.07 Å². The van der Waals surface area contributed by atoms with Crippen molar-refractivity contribution >= 4 is 44.0 Å². The normalized spacial score (nSPS) is 24.5. The average Bonchev–Trinajstić information content (AvgIpc) is 3.27. The summed E-state index contributed by atoms with van der Waals surface area (Å²) in [7, 11) is -3.78. The van der Waals surface area contributed by atoms with E-state index in [0.29, 0.717) is 35.6 Å². The summed E-state index contributed by atoms with van der Waals surface area (Å²) in [4.78, 5) is 30.9. The van der Waals surface area contributed by atoms with Crippen LogP contribution in [0, 0.1) is 11.3 Å². The molecule has 4 aliphatic rings. The van der Waals surface area contributed by atoms with Crippen molar-refractivity contribution in [1.29, 1.82) is 0 Å². The number of sulfonamides is 1. The van der Waals surface area contributed by atoms with E-state index in [-0.39, 0.29) is 10.8 Å². The Labute approximate surface area is 245 Å². The van der Waals surface area contributed by atoms with Crippen molar-refractivity contribution in [2.24, 2.45) is 11.3 Å². The SMILES string of the molecule is CC(C)(C)NS(=O)(=O)c1ccc(-c2sc(C(=O)NC34CC(C(=O)O)(C3)C4)nc2CC2CCCCC2)c2ccccc12. The van der Waals surface area contributed by atoms with Crippen LogP contribution in [0.25, 0.3) is 21.2 Å². The van der Waals surface area contributed by atoms with E-state index in [2.05, 4.69) is 10.0 Å². The molecule has 4 aliphatic carbocycles. The molecule has 0 saturated heterocycles. The Kier molecular flexibility index (Phi) is 6.82. The van der Waals surface area contributed by atoms with Crippen LogP contribution in [0.2, 0.25) is 0 Å². The molecule has 1 aromatic heterocycles. The molecule has 10 heteroatoms. The van der Waals surface area contributed by atoms with Crippen molar-refractivity contribution < 1.29 is 23.1 Å². The average molecular weight is 596 g/mol. The molecule has 0 atom stereocenters. The topological polar surface area (TPSA) is 125 Å². The van der Waals surface area contributed by atoms with Gasteiger partial charge in [0, 0.05) is 22.0 Å². The molecule has 3 N–H and O–H groups in total. The van der Waals surface area contributed by atoms with Crippen LogP contribution in [0.15, 0.2) is 41.3 Å². The van der Waals surface area contributed by atoms with Gasteiger partial charge in [-0.2, -0.15) is 0 Å². The lowest BCUT2D eigenvalue weighted by atomic mass is 9.39. The Balaban J connectivity index is 1.38. The second kappa shape index (κ2) is 9.88. The number of carboxylic acid groups (broad SMARTS) is 1. The van der Waals surface area contributed by atoms with Gasteiger partial charge in [-0.05, 0) is 63.8 Å². The third-order valence-electron chi connectivity index (χ3n) is 8.82. The molecule has 8 nitrogen and oxygen atoms in total. The Morgan fingerprint density at radius 2 is 1.68 bits per heavy atom. The van der Waals surface area contributed by atoms with Crippen LogP contribution in [0.4, 0.5) is 0 Å². The number of benzene rings is 2. The van der Waals surface area contributed by atoms with E-state index in [1.807, 2.05) is 51.1 Å². The highest BCUT2D eigenvalue weighted by Crippen LogP contribution is 2.67. The van der Waals surface area contributed by atoms with Gasteiger partial charge in [0.05, 0.1) is 20.9 Å². The number of nitrogens with one attached hydrogen (secondary N) is 2. The lowest BCUT2D eigenvalue weighted by Crippen LogP contribution is -2.77. The third kappa shape index (κ3) is 5.19. The summed E-state index contributed by atoms with van der Waals surface area (Å²) in [5.41, 5.74) is 0.00775. The highest BCUT2D eigenvalue weighted by atomic mass is 32.2. The van der Waals surface area contributed by atoms with Crippen molar-refractivity contribution in [3.63, 3.8) is 0 Å². The zero-order valence-corrected chi connectivity index (χ0v) is 25.4. The van der Waals surface area contributed by atoms with E-state index in [0.717, 1.165) is 40.8 Å². The molecule has 3 aromatic rings. The standard InChI is InChI=1S/C31H37N3O5S2/c1-29(2,3)34-41(38,39)24-14-13-22(20-11-7-8-12-21(20)24)25-23(15-19-9-5-4-6-10-19)32-27(40-25)26(35)33-31-16-30(17-31,18-31)28(36)37/h7-8,11-14,19,34H,4-6,9-10,15-18H2,1-3H3,(H,33,35)(H,36,37). The van der Waals surface area contributed by atoms with Crippen molar-refractivity contribution in [2.45, 2.75) is 94.5 Å².